The predicted octanol–water partition coefficient (Wildman–Crippen LogP) is 5.26. The highest BCUT2D eigenvalue weighted by Crippen LogP contribution is 2.46. The second kappa shape index (κ2) is 7.89. The van der Waals surface area contributed by atoms with Crippen LogP contribution in [-0.2, 0) is 4.79 Å². The minimum absolute atomic E-state index is 0.00447. The smallest absolute Gasteiger partial charge is 0.231 e. The molecule has 0 radical (unpaired) electrons. The molecule has 3 unspecified atom stereocenters. The fraction of sp³-hybridized carbons (Fsp3) is 0.222. The van der Waals surface area contributed by atoms with Gasteiger partial charge in [-0.3, -0.25) is 4.79 Å². The van der Waals surface area contributed by atoms with Crippen LogP contribution in [0.25, 0.3) is 0 Å². The lowest BCUT2D eigenvalue weighted by Gasteiger charge is -2.32. The third-order valence-electron chi connectivity index (χ3n) is 6.63. The first-order chi connectivity index (χ1) is 16.2. The summed E-state index contributed by atoms with van der Waals surface area (Å²) in [4.78, 5) is 13.7. The van der Waals surface area contributed by atoms with Gasteiger partial charge in [0, 0.05) is 18.0 Å². The molecule has 2 N–H and O–H groups in total. The van der Waals surface area contributed by atoms with Crippen LogP contribution in [-0.4, -0.2) is 19.7 Å². The number of hydrogen-bond donors (Lipinski definition) is 2. The van der Waals surface area contributed by atoms with Crippen molar-refractivity contribution in [1.82, 2.24) is 0 Å². The highest BCUT2D eigenvalue weighted by atomic mass is 16.7. The van der Waals surface area contributed by atoms with Crippen molar-refractivity contribution in [1.29, 1.82) is 0 Å². The van der Waals surface area contributed by atoms with Crippen molar-refractivity contribution >= 4 is 17.2 Å². The Hall–Kier alpha value is -3.93. The summed E-state index contributed by atoms with van der Waals surface area (Å²) in [6.07, 6.45) is 2.65. The molecule has 6 nitrogen and oxygen atoms in total. The molecule has 0 bridgehead atoms. The second-order valence-corrected chi connectivity index (χ2v) is 8.56. The number of methoxy groups -OCH3 is 1. The lowest BCUT2D eigenvalue weighted by Crippen LogP contribution is -2.33. The first-order valence-electron chi connectivity index (χ1n) is 11.1. The molecule has 3 aromatic rings. The molecule has 3 aliphatic rings. The molecule has 3 aromatic carbocycles. The van der Waals surface area contributed by atoms with Gasteiger partial charge in [-0.2, -0.15) is 0 Å². The highest BCUT2D eigenvalue weighted by molar-refractivity contribution is 5.90. The molecule has 0 fully saturated rings. The van der Waals surface area contributed by atoms with Crippen LogP contribution in [0.4, 0.5) is 11.4 Å². The minimum Gasteiger partial charge on any atom is -0.497 e. The Labute approximate surface area is 192 Å². The molecule has 0 saturated heterocycles. The molecule has 3 atom stereocenters. The van der Waals surface area contributed by atoms with E-state index in [-0.39, 0.29) is 30.5 Å². The SMILES string of the molecule is COc1ccc(C2C=C3Nc4ccccc4NC(c4ccc5c(c4)OCO5)C3C(=O)C2)cc1. The highest BCUT2D eigenvalue weighted by Gasteiger charge is 2.40. The topological polar surface area (TPSA) is 68.8 Å². The van der Waals surface area contributed by atoms with Crippen LogP contribution in [0.3, 0.4) is 0 Å². The lowest BCUT2D eigenvalue weighted by molar-refractivity contribution is -0.122. The number of hydrogen-bond acceptors (Lipinski definition) is 6. The van der Waals surface area contributed by atoms with Gasteiger partial charge in [-0.25, -0.2) is 0 Å². The number of carbonyl (C=O) groups is 1. The summed E-state index contributed by atoms with van der Waals surface area (Å²) < 4.78 is 16.4. The molecule has 2 aliphatic heterocycles. The fourth-order valence-electron chi connectivity index (χ4n) is 4.95. The van der Waals surface area contributed by atoms with Crippen molar-refractivity contribution in [3.8, 4) is 17.2 Å². The summed E-state index contributed by atoms with van der Waals surface area (Å²) in [7, 11) is 1.65. The zero-order valence-electron chi connectivity index (χ0n) is 18.2. The number of nitrogens with one attached hydrogen (secondary N) is 2. The molecule has 6 heteroatoms. The molecule has 0 amide bonds. The van der Waals surface area contributed by atoms with Gasteiger partial charge in [0.05, 0.1) is 30.4 Å². The van der Waals surface area contributed by atoms with Crippen LogP contribution < -0.4 is 24.8 Å². The van der Waals surface area contributed by atoms with Crippen molar-refractivity contribution in [3.05, 3.63) is 89.6 Å². The molecule has 0 saturated carbocycles. The third-order valence-corrected chi connectivity index (χ3v) is 6.63. The number of Topliss-reactive ketones (excluding diaryl/α,β-unsaturated/α-hetero) is 1. The first kappa shape index (κ1) is 19.7. The van der Waals surface area contributed by atoms with Crippen molar-refractivity contribution in [3.63, 3.8) is 0 Å². The number of allylic oxidation sites excluding steroid dienone is 1. The zero-order valence-corrected chi connectivity index (χ0v) is 18.2. The number of carbonyl (C=O) groups excluding carboxylic acids is 1. The number of benzene rings is 3. The van der Waals surface area contributed by atoms with Crippen molar-refractivity contribution in [2.24, 2.45) is 5.92 Å². The first-order valence-corrected chi connectivity index (χ1v) is 11.1. The van der Waals surface area contributed by atoms with Crippen LogP contribution in [0, 0.1) is 5.92 Å². The predicted molar refractivity (Wildman–Crippen MR) is 126 cm³/mol. The largest absolute Gasteiger partial charge is 0.497 e. The van der Waals surface area contributed by atoms with E-state index >= 15 is 0 Å². The number of fused-ring (bicyclic) bond motifs is 3. The van der Waals surface area contributed by atoms with E-state index < -0.39 is 0 Å². The quantitative estimate of drug-likeness (QED) is 0.579. The Kier molecular flexibility index (Phi) is 4.72. The monoisotopic (exact) mass is 440 g/mol. The van der Waals surface area contributed by atoms with Crippen molar-refractivity contribution in [2.75, 3.05) is 24.5 Å². The number of ether oxygens (including phenoxy) is 3. The molecule has 2 heterocycles. The Balaban J connectivity index is 1.43. The summed E-state index contributed by atoms with van der Waals surface area (Å²) >= 11 is 0. The Morgan fingerprint density at radius 2 is 1.67 bits per heavy atom. The van der Waals surface area contributed by atoms with Crippen molar-refractivity contribution in [2.45, 2.75) is 18.4 Å². The van der Waals surface area contributed by atoms with Crippen LogP contribution in [0.15, 0.2) is 78.5 Å². The summed E-state index contributed by atoms with van der Waals surface area (Å²) in [6, 6.07) is 21.7. The molecule has 1 aliphatic carbocycles. The standard InChI is InChI=1S/C27H24N2O4/c1-31-19-9-6-16(7-10-19)18-12-22-26(23(30)13-18)27(29-21-5-3-2-4-20(21)28-22)17-8-11-24-25(14-17)33-15-32-24/h2-12,14,18,26-29H,13,15H2,1H3. The summed E-state index contributed by atoms with van der Waals surface area (Å²) in [6.45, 7) is 0.221. The molecular weight excluding hydrogens is 416 g/mol. The Bertz CT molecular complexity index is 1250. The van der Waals surface area contributed by atoms with Gasteiger partial charge in [-0.05, 0) is 47.5 Å². The molecule has 166 valence electrons. The van der Waals surface area contributed by atoms with E-state index in [1.54, 1.807) is 7.11 Å². The summed E-state index contributed by atoms with van der Waals surface area (Å²) in [5, 5.41) is 7.19. The Morgan fingerprint density at radius 3 is 2.48 bits per heavy atom. The average Bonchev–Trinajstić information content (AvgIpc) is 3.24. The van der Waals surface area contributed by atoms with E-state index in [0.29, 0.717) is 12.2 Å². The van der Waals surface area contributed by atoms with E-state index in [9.17, 15) is 4.79 Å². The maximum Gasteiger partial charge on any atom is 0.231 e. The zero-order chi connectivity index (χ0) is 22.4. The number of ketones is 1. The van der Waals surface area contributed by atoms with Crippen LogP contribution in [0.1, 0.15) is 29.5 Å². The van der Waals surface area contributed by atoms with Crippen LogP contribution in [0.5, 0.6) is 17.2 Å². The minimum atomic E-state index is -0.340. The normalized spacial score (nSPS) is 22.8. The van der Waals surface area contributed by atoms with E-state index in [4.69, 9.17) is 14.2 Å². The van der Waals surface area contributed by atoms with E-state index in [1.807, 2.05) is 66.7 Å². The van der Waals surface area contributed by atoms with E-state index in [0.717, 1.165) is 39.7 Å². The molecule has 0 spiro atoms. The van der Waals surface area contributed by atoms with Gasteiger partial charge >= 0.3 is 0 Å². The molecule has 0 aromatic heterocycles. The molecule has 33 heavy (non-hydrogen) atoms. The number of anilines is 2. The second-order valence-electron chi connectivity index (χ2n) is 8.56. The van der Waals surface area contributed by atoms with Gasteiger partial charge in [-0.1, -0.05) is 36.4 Å². The van der Waals surface area contributed by atoms with Gasteiger partial charge in [0.1, 0.15) is 11.5 Å². The number of rotatable bonds is 3. The van der Waals surface area contributed by atoms with Crippen LogP contribution >= 0.6 is 0 Å². The van der Waals surface area contributed by atoms with Crippen molar-refractivity contribution < 1.29 is 19.0 Å². The lowest BCUT2D eigenvalue weighted by atomic mass is 9.76. The number of para-hydroxylation sites is 2. The van der Waals surface area contributed by atoms with E-state index in [1.165, 1.54) is 0 Å². The Morgan fingerprint density at radius 1 is 0.909 bits per heavy atom. The average molecular weight is 440 g/mol. The summed E-state index contributed by atoms with van der Waals surface area (Å²) in [5.74, 6) is 2.11. The van der Waals surface area contributed by atoms with Gasteiger partial charge in [0.15, 0.2) is 11.5 Å². The fourth-order valence-corrected chi connectivity index (χ4v) is 4.95. The maximum absolute atomic E-state index is 13.7. The molecular formula is C27H24N2O4. The van der Waals surface area contributed by atoms with Gasteiger partial charge < -0.3 is 24.8 Å². The van der Waals surface area contributed by atoms with E-state index in [2.05, 4.69) is 16.7 Å². The van der Waals surface area contributed by atoms with Gasteiger partial charge in [-0.15, -0.1) is 0 Å². The summed E-state index contributed by atoms with van der Waals surface area (Å²) in [5.41, 5.74) is 4.93. The molecule has 6 rings (SSSR count). The third kappa shape index (κ3) is 3.48. The van der Waals surface area contributed by atoms with Gasteiger partial charge in [0.2, 0.25) is 6.79 Å². The maximum atomic E-state index is 13.7. The van der Waals surface area contributed by atoms with Gasteiger partial charge in [0.25, 0.3) is 0 Å². The van der Waals surface area contributed by atoms with Crippen LogP contribution in [0.2, 0.25) is 0 Å².